The van der Waals surface area contributed by atoms with Crippen molar-refractivity contribution in [3.63, 3.8) is 0 Å². The van der Waals surface area contributed by atoms with Gasteiger partial charge in [0.15, 0.2) is 5.57 Å². The predicted molar refractivity (Wildman–Crippen MR) is 60.2 cm³/mol. The summed E-state index contributed by atoms with van der Waals surface area (Å²) in [4.78, 5) is 0. The fourth-order valence-electron chi connectivity index (χ4n) is 1.23. The maximum absolute atomic E-state index is 8.93. The lowest BCUT2D eigenvalue weighted by Crippen LogP contribution is -2.05. The van der Waals surface area contributed by atoms with Gasteiger partial charge in [-0.2, -0.15) is 15.8 Å². The molecule has 0 atom stereocenters. The minimum Gasteiger partial charge on any atom is -0.396 e. The molecule has 4 nitrogen and oxygen atoms in total. The van der Waals surface area contributed by atoms with E-state index in [1.165, 1.54) is 0 Å². The Morgan fingerprint density at radius 2 is 1.62 bits per heavy atom. The quantitative estimate of drug-likeness (QED) is 0.572. The van der Waals surface area contributed by atoms with E-state index in [4.69, 9.17) is 21.5 Å². The number of rotatable bonds is 4. The summed E-state index contributed by atoms with van der Waals surface area (Å²) in [5, 5.41) is 26.2. The second-order valence-corrected chi connectivity index (χ2v) is 3.28. The van der Waals surface area contributed by atoms with Crippen LogP contribution < -0.4 is 5.73 Å². The normalized spacial score (nSPS) is 10.1. The molecule has 0 saturated carbocycles. The highest BCUT2D eigenvalue weighted by Gasteiger charge is 2.09. The molecule has 82 valence electrons. The molecule has 0 saturated heterocycles. The molecular weight excluding hydrogens is 200 g/mol. The van der Waals surface area contributed by atoms with Gasteiger partial charge in [-0.25, -0.2) is 0 Å². The molecule has 4 heteroatoms. The number of nitrogens with zero attached hydrogens (tertiary/aromatic N) is 3. The Bertz CT molecular complexity index is 403. The molecule has 0 spiro atoms. The van der Waals surface area contributed by atoms with Crippen LogP contribution in [0.2, 0.25) is 0 Å². The van der Waals surface area contributed by atoms with Crippen molar-refractivity contribution in [2.24, 2.45) is 11.7 Å². The zero-order valence-electron chi connectivity index (χ0n) is 9.49. The lowest BCUT2D eigenvalue weighted by molar-refractivity contribution is 0.604. The third-order valence-electron chi connectivity index (χ3n) is 2.35. The second-order valence-electron chi connectivity index (χ2n) is 3.28. The van der Waals surface area contributed by atoms with Gasteiger partial charge in [-0.3, -0.25) is 0 Å². The molecule has 16 heavy (non-hydrogen) atoms. The topological polar surface area (TPSA) is 97.4 Å². The zero-order chi connectivity index (χ0) is 12.6. The highest BCUT2D eigenvalue weighted by Crippen LogP contribution is 2.16. The molecule has 0 aromatic carbocycles. The maximum Gasteiger partial charge on any atom is 0.153 e. The summed E-state index contributed by atoms with van der Waals surface area (Å²) in [6.07, 6.45) is 3.51. The monoisotopic (exact) mass is 214 g/mol. The van der Waals surface area contributed by atoms with Gasteiger partial charge in [0.2, 0.25) is 0 Å². The van der Waals surface area contributed by atoms with Crippen LogP contribution >= 0.6 is 0 Å². The molecule has 0 amide bonds. The summed E-state index contributed by atoms with van der Waals surface area (Å²) in [5.41, 5.74) is 5.57. The Morgan fingerprint density at radius 1 is 1.12 bits per heavy atom. The molecule has 0 aliphatic carbocycles. The van der Waals surface area contributed by atoms with Gasteiger partial charge in [0.25, 0.3) is 0 Å². The van der Waals surface area contributed by atoms with Crippen LogP contribution in [0.1, 0.15) is 26.7 Å². The molecule has 0 fully saturated rings. The van der Waals surface area contributed by atoms with E-state index in [0.29, 0.717) is 0 Å². The van der Waals surface area contributed by atoms with Crippen molar-refractivity contribution >= 4 is 0 Å². The van der Waals surface area contributed by atoms with E-state index < -0.39 is 0 Å². The van der Waals surface area contributed by atoms with Crippen LogP contribution in [-0.2, 0) is 0 Å². The van der Waals surface area contributed by atoms with Crippen molar-refractivity contribution in [1.29, 1.82) is 15.8 Å². The minimum atomic E-state index is -0.209. The molecule has 0 aliphatic heterocycles. The van der Waals surface area contributed by atoms with Crippen molar-refractivity contribution in [2.75, 3.05) is 0 Å². The molecule has 0 aliphatic rings. The van der Waals surface area contributed by atoms with Gasteiger partial charge in [-0.15, -0.1) is 0 Å². The van der Waals surface area contributed by atoms with Crippen LogP contribution in [0.25, 0.3) is 0 Å². The van der Waals surface area contributed by atoms with Gasteiger partial charge in [0.1, 0.15) is 18.2 Å². The summed E-state index contributed by atoms with van der Waals surface area (Å²) < 4.78 is 0. The average Bonchev–Trinajstić information content (AvgIpc) is 2.32. The lowest BCUT2D eigenvalue weighted by Gasteiger charge is -2.07. The van der Waals surface area contributed by atoms with Crippen molar-refractivity contribution < 1.29 is 0 Å². The van der Waals surface area contributed by atoms with Gasteiger partial charge >= 0.3 is 0 Å². The Morgan fingerprint density at radius 3 is 1.94 bits per heavy atom. The first-order valence-electron chi connectivity index (χ1n) is 5.06. The summed E-state index contributed by atoms with van der Waals surface area (Å²) in [6, 6.07) is 5.28. The molecule has 0 radical (unpaired) electrons. The summed E-state index contributed by atoms with van der Waals surface area (Å²) in [5.74, 6) is 0.242. The molecule has 0 rings (SSSR count). The summed E-state index contributed by atoms with van der Waals surface area (Å²) in [6.45, 7) is 4.02. The highest BCUT2D eigenvalue weighted by molar-refractivity contribution is 5.52. The van der Waals surface area contributed by atoms with Gasteiger partial charge in [0, 0.05) is 0 Å². The Hall–Kier alpha value is -2.25. The third kappa shape index (κ3) is 3.48. The molecule has 2 N–H and O–H groups in total. The van der Waals surface area contributed by atoms with Crippen LogP contribution in [-0.4, -0.2) is 0 Å². The Labute approximate surface area is 95.9 Å². The summed E-state index contributed by atoms with van der Waals surface area (Å²) >= 11 is 0. The van der Waals surface area contributed by atoms with Crippen LogP contribution in [0.15, 0.2) is 22.9 Å². The SMILES string of the molecule is CCC(/C=C(/C#N)C(N)=C(C#N)C#N)CC. The van der Waals surface area contributed by atoms with Gasteiger partial charge in [-0.05, 0) is 18.8 Å². The van der Waals surface area contributed by atoms with E-state index in [9.17, 15) is 0 Å². The summed E-state index contributed by atoms with van der Waals surface area (Å²) in [7, 11) is 0. The lowest BCUT2D eigenvalue weighted by atomic mass is 9.98. The number of hydrogen-bond acceptors (Lipinski definition) is 4. The molecule has 0 heterocycles. The predicted octanol–water partition coefficient (Wildman–Crippen LogP) is 2.13. The highest BCUT2D eigenvalue weighted by atomic mass is 14.6. The van der Waals surface area contributed by atoms with Crippen molar-refractivity contribution in [2.45, 2.75) is 26.7 Å². The number of nitriles is 3. The Balaban J connectivity index is 5.36. The second kappa shape index (κ2) is 7.10. The van der Waals surface area contributed by atoms with E-state index in [0.717, 1.165) is 12.8 Å². The fourth-order valence-corrected chi connectivity index (χ4v) is 1.23. The first-order valence-corrected chi connectivity index (χ1v) is 5.06. The smallest absolute Gasteiger partial charge is 0.153 e. The molecule has 0 bridgehead atoms. The van der Waals surface area contributed by atoms with Gasteiger partial charge in [-0.1, -0.05) is 19.9 Å². The first-order chi connectivity index (χ1) is 7.64. The average molecular weight is 214 g/mol. The molecule has 0 aromatic heterocycles. The first kappa shape index (κ1) is 13.8. The van der Waals surface area contributed by atoms with E-state index in [1.807, 2.05) is 19.9 Å². The number of allylic oxidation sites excluding steroid dienone is 3. The van der Waals surface area contributed by atoms with Gasteiger partial charge < -0.3 is 5.73 Å². The molecule has 0 unspecified atom stereocenters. The van der Waals surface area contributed by atoms with Crippen molar-refractivity contribution in [1.82, 2.24) is 0 Å². The van der Waals surface area contributed by atoms with Crippen molar-refractivity contribution in [3.05, 3.63) is 22.9 Å². The Kier molecular flexibility index (Phi) is 6.10. The minimum absolute atomic E-state index is 0.0283. The van der Waals surface area contributed by atoms with Crippen molar-refractivity contribution in [3.8, 4) is 18.2 Å². The van der Waals surface area contributed by atoms with Crippen LogP contribution in [0.5, 0.6) is 0 Å². The molecular formula is C12H14N4. The van der Waals surface area contributed by atoms with Crippen LogP contribution in [0.3, 0.4) is 0 Å². The van der Waals surface area contributed by atoms with Crippen LogP contribution in [0, 0.1) is 39.9 Å². The number of hydrogen-bond donors (Lipinski definition) is 1. The fraction of sp³-hybridized carbons (Fsp3) is 0.417. The third-order valence-corrected chi connectivity index (χ3v) is 2.35. The number of nitrogens with two attached hydrogens (primary N) is 1. The van der Waals surface area contributed by atoms with Gasteiger partial charge in [0.05, 0.1) is 11.3 Å². The van der Waals surface area contributed by atoms with Crippen LogP contribution in [0.4, 0.5) is 0 Å². The van der Waals surface area contributed by atoms with E-state index >= 15 is 0 Å². The van der Waals surface area contributed by atoms with E-state index in [1.54, 1.807) is 18.2 Å². The molecule has 0 aromatic rings. The zero-order valence-corrected chi connectivity index (χ0v) is 9.49. The largest absolute Gasteiger partial charge is 0.396 e. The standard InChI is InChI=1S/C12H14N4/c1-3-9(4-2)5-10(6-13)12(16)11(7-14)8-15/h5,9H,3-4,16H2,1-2H3/b10-5-. The maximum atomic E-state index is 8.93. The van der Waals surface area contributed by atoms with E-state index in [2.05, 4.69) is 0 Å². The van der Waals surface area contributed by atoms with E-state index in [-0.39, 0.29) is 22.8 Å².